The van der Waals surface area contributed by atoms with Gasteiger partial charge in [0.1, 0.15) is 0 Å². The normalized spacial score (nSPS) is 8.87. The molecule has 0 saturated carbocycles. The zero-order chi connectivity index (χ0) is 10.7. The van der Waals surface area contributed by atoms with Crippen LogP contribution in [0.2, 0.25) is 0 Å². The number of carboxylic acids is 1. The van der Waals surface area contributed by atoms with Gasteiger partial charge in [-0.05, 0) is 12.1 Å². The third kappa shape index (κ3) is 3.14. The number of benzene rings is 1. The first-order valence-electron chi connectivity index (χ1n) is 3.91. The number of hydrogen-bond donors (Lipinski definition) is 3. The Morgan fingerprint density at radius 1 is 1.40 bits per heavy atom. The standard InChI is InChI=1S/C9H10N2O3.ClH/c1-5(12)11-8-6(9(13)14)3-2-4-7(8)10;/h2-4H,10H2,1H3,(H,11,12)(H,13,14);1H. The van der Waals surface area contributed by atoms with Crippen molar-refractivity contribution in [2.24, 2.45) is 0 Å². The fourth-order valence-corrected chi connectivity index (χ4v) is 1.06. The summed E-state index contributed by atoms with van der Waals surface area (Å²) in [6, 6.07) is 4.42. The summed E-state index contributed by atoms with van der Waals surface area (Å²) >= 11 is 0. The van der Waals surface area contributed by atoms with Gasteiger partial charge in [0.2, 0.25) is 5.91 Å². The highest BCUT2D eigenvalue weighted by Gasteiger charge is 2.12. The van der Waals surface area contributed by atoms with Crippen molar-refractivity contribution >= 4 is 35.7 Å². The minimum atomic E-state index is -1.12. The lowest BCUT2D eigenvalue weighted by Crippen LogP contribution is -2.12. The molecule has 1 aromatic carbocycles. The number of para-hydroxylation sites is 1. The maximum Gasteiger partial charge on any atom is 0.337 e. The van der Waals surface area contributed by atoms with Crippen LogP contribution in [0.4, 0.5) is 11.4 Å². The van der Waals surface area contributed by atoms with Crippen LogP contribution < -0.4 is 11.1 Å². The summed E-state index contributed by atoms with van der Waals surface area (Å²) in [7, 11) is 0. The third-order valence-electron chi connectivity index (χ3n) is 1.63. The van der Waals surface area contributed by atoms with Crippen LogP contribution >= 0.6 is 12.4 Å². The number of nitrogens with two attached hydrogens (primary N) is 1. The smallest absolute Gasteiger partial charge is 0.337 e. The Hall–Kier alpha value is -1.75. The molecule has 0 bridgehead atoms. The molecule has 1 rings (SSSR count). The lowest BCUT2D eigenvalue weighted by molar-refractivity contribution is -0.114. The first kappa shape index (κ1) is 13.2. The Labute approximate surface area is 92.7 Å². The Morgan fingerprint density at radius 3 is 2.47 bits per heavy atom. The number of halogens is 1. The molecule has 4 N–H and O–H groups in total. The number of nitrogens with one attached hydrogen (secondary N) is 1. The molecule has 0 heterocycles. The van der Waals surface area contributed by atoms with Gasteiger partial charge in [0.15, 0.2) is 0 Å². The van der Waals surface area contributed by atoms with Gasteiger partial charge in [-0.15, -0.1) is 12.4 Å². The second-order valence-electron chi connectivity index (χ2n) is 2.76. The van der Waals surface area contributed by atoms with E-state index in [2.05, 4.69) is 5.32 Å². The molecule has 6 heteroatoms. The predicted molar refractivity (Wildman–Crippen MR) is 59.4 cm³/mol. The van der Waals surface area contributed by atoms with E-state index in [1.165, 1.54) is 25.1 Å². The molecule has 0 aliphatic rings. The molecule has 0 unspecified atom stereocenters. The van der Waals surface area contributed by atoms with Crippen molar-refractivity contribution in [1.29, 1.82) is 0 Å². The molecule has 0 aliphatic carbocycles. The highest BCUT2D eigenvalue weighted by Crippen LogP contribution is 2.23. The Balaban J connectivity index is 0.00000196. The summed E-state index contributed by atoms with van der Waals surface area (Å²) in [4.78, 5) is 21.5. The van der Waals surface area contributed by atoms with E-state index in [4.69, 9.17) is 10.8 Å². The lowest BCUT2D eigenvalue weighted by atomic mass is 10.1. The monoisotopic (exact) mass is 230 g/mol. The number of carbonyl (C=O) groups is 2. The van der Waals surface area contributed by atoms with Gasteiger partial charge in [-0.25, -0.2) is 4.79 Å². The van der Waals surface area contributed by atoms with Crippen molar-refractivity contribution in [3.05, 3.63) is 23.8 Å². The first-order chi connectivity index (χ1) is 6.52. The molecule has 1 amide bonds. The van der Waals surface area contributed by atoms with Crippen molar-refractivity contribution in [3.63, 3.8) is 0 Å². The number of anilines is 2. The minimum Gasteiger partial charge on any atom is -0.478 e. The SMILES string of the molecule is CC(=O)Nc1c(N)cccc1C(=O)O.Cl. The van der Waals surface area contributed by atoms with Crippen LogP contribution in [-0.4, -0.2) is 17.0 Å². The van der Waals surface area contributed by atoms with Gasteiger partial charge in [0.05, 0.1) is 16.9 Å². The molecule has 0 aliphatic heterocycles. The molecule has 0 aromatic heterocycles. The largest absolute Gasteiger partial charge is 0.478 e. The van der Waals surface area contributed by atoms with Gasteiger partial charge in [-0.3, -0.25) is 4.79 Å². The number of carboxylic acid groups (broad SMARTS) is 1. The quantitative estimate of drug-likeness (QED) is 0.669. The number of rotatable bonds is 2. The summed E-state index contributed by atoms with van der Waals surface area (Å²) in [5, 5.41) is 11.2. The van der Waals surface area contributed by atoms with Crippen molar-refractivity contribution < 1.29 is 14.7 Å². The second-order valence-corrected chi connectivity index (χ2v) is 2.76. The Kier molecular flexibility index (Phi) is 4.60. The van der Waals surface area contributed by atoms with Crippen molar-refractivity contribution in [1.82, 2.24) is 0 Å². The van der Waals surface area contributed by atoms with Gasteiger partial charge in [-0.2, -0.15) is 0 Å². The van der Waals surface area contributed by atoms with Crippen LogP contribution in [0.25, 0.3) is 0 Å². The van der Waals surface area contributed by atoms with Crippen LogP contribution in [0, 0.1) is 0 Å². The Bertz CT molecular complexity index is 393. The van der Waals surface area contributed by atoms with Gasteiger partial charge in [0.25, 0.3) is 0 Å². The molecule has 0 saturated heterocycles. The summed E-state index contributed by atoms with van der Waals surface area (Å²) in [5.74, 6) is -1.48. The summed E-state index contributed by atoms with van der Waals surface area (Å²) in [6.07, 6.45) is 0. The maximum atomic E-state index is 10.8. The van der Waals surface area contributed by atoms with E-state index in [1.54, 1.807) is 0 Å². The van der Waals surface area contributed by atoms with Gasteiger partial charge in [0, 0.05) is 6.92 Å². The van der Waals surface area contributed by atoms with E-state index < -0.39 is 5.97 Å². The van der Waals surface area contributed by atoms with Crippen LogP contribution in [0.1, 0.15) is 17.3 Å². The predicted octanol–water partition coefficient (Wildman–Crippen LogP) is 1.35. The fourth-order valence-electron chi connectivity index (χ4n) is 1.06. The molecule has 0 atom stereocenters. The summed E-state index contributed by atoms with van der Waals surface area (Å²) < 4.78 is 0. The van der Waals surface area contributed by atoms with Gasteiger partial charge >= 0.3 is 5.97 Å². The van der Waals surface area contributed by atoms with Crippen molar-refractivity contribution in [2.75, 3.05) is 11.1 Å². The highest BCUT2D eigenvalue weighted by atomic mass is 35.5. The van der Waals surface area contributed by atoms with Crippen LogP contribution in [0.15, 0.2) is 18.2 Å². The van der Waals surface area contributed by atoms with Crippen LogP contribution in [0.3, 0.4) is 0 Å². The second kappa shape index (κ2) is 5.21. The van der Waals surface area contributed by atoms with E-state index in [0.717, 1.165) is 0 Å². The molecular weight excluding hydrogens is 220 g/mol. The van der Waals surface area contributed by atoms with E-state index in [9.17, 15) is 9.59 Å². The average molecular weight is 231 g/mol. The molecule has 1 aromatic rings. The van der Waals surface area contributed by atoms with Crippen molar-refractivity contribution in [2.45, 2.75) is 6.92 Å². The van der Waals surface area contributed by atoms with Crippen molar-refractivity contribution in [3.8, 4) is 0 Å². The zero-order valence-corrected chi connectivity index (χ0v) is 8.80. The molecule has 5 nitrogen and oxygen atoms in total. The highest BCUT2D eigenvalue weighted by molar-refractivity contribution is 6.03. The number of nitrogen functional groups attached to an aromatic ring is 1. The number of carbonyl (C=O) groups excluding carboxylic acids is 1. The number of hydrogen-bond acceptors (Lipinski definition) is 3. The van der Waals surface area contributed by atoms with E-state index in [0.29, 0.717) is 0 Å². The third-order valence-corrected chi connectivity index (χ3v) is 1.63. The molecule has 15 heavy (non-hydrogen) atoms. The summed E-state index contributed by atoms with van der Waals surface area (Å²) in [6.45, 7) is 1.29. The van der Waals surface area contributed by atoms with E-state index in [-0.39, 0.29) is 35.3 Å². The minimum absolute atomic E-state index is 0. The number of aromatic carboxylic acids is 1. The maximum absolute atomic E-state index is 10.8. The van der Waals surface area contributed by atoms with Gasteiger partial charge in [-0.1, -0.05) is 6.07 Å². The molecule has 0 radical (unpaired) electrons. The zero-order valence-electron chi connectivity index (χ0n) is 7.98. The molecule has 0 fully saturated rings. The summed E-state index contributed by atoms with van der Waals surface area (Å²) in [5.41, 5.74) is 5.90. The number of amides is 1. The average Bonchev–Trinajstić information content (AvgIpc) is 2.07. The van der Waals surface area contributed by atoms with Crippen LogP contribution in [0.5, 0.6) is 0 Å². The molecule has 0 spiro atoms. The van der Waals surface area contributed by atoms with E-state index >= 15 is 0 Å². The topological polar surface area (TPSA) is 92.4 Å². The van der Waals surface area contributed by atoms with Gasteiger partial charge < -0.3 is 16.2 Å². The van der Waals surface area contributed by atoms with E-state index in [1.807, 2.05) is 0 Å². The molecule has 82 valence electrons. The first-order valence-corrected chi connectivity index (χ1v) is 3.91. The lowest BCUT2D eigenvalue weighted by Gasteiger charge is -2.08. The fraction of sp³-hybridized carbons (Fsp3) is 0.111. The Morgan fingerprint density at radius 2 is 2.00 bits per heavy atom. The molecular formula is C9H11ClN2O3. The van der Waals surface area contributed by atoms with Crippen LogP contribution in [-0.2, 0) is 4.79 Å².